The van der Waals surface area contributed by atoms with Gasteiger partial charge in [0.25, 0.3) is 11.8 Å². The van der Waals surface area contributed by atoms with Crippen LogP contribution in [0.15, 0.2) is 24.8 Å². The molecule has 6 rings (SSSR count). The number of nitrogens with one attached hydrogen (secondary N) is 2. The molecular formula is C36H37N5O6. The summed E-state index contributed by atoms with van der Waals surface area (Å²) in [4.78, 5) is 69.9. The second kappa shape index (κ2) is 11.8. The Hall–Kier alpha value is -5.32. The molecule has 2 unspecified atom stereocenters. The van der Waals surface area contributed by atoms with Crippen LogP contribution in [-0.4, -0.2) is 67.3 Å². The quantitative estimate of drug-likeness (QED) is 0.198. The van der Waals surface area contributed by atoms with Gasteiger partial charge in [-0.05, 0) is 74.1 Å². The number of aliphatic carboxylic acids is 1. The minimum atomic E-state index is -1.32. The summed E-state index contributed by atoms with van der Waals surface area (Å²) in [5.74, 6) is -3.82. The molecule has 0 radical (unpaired) electrons. The number of rotatable bonds is 7. The Morgan fingerprint density at radius 3 is 2.34 bits per heavy atom. The summed E-state index contributed by atoms with van der Waals surface area (Å²) in [6, 6.07) is 5.83. The molecule has 2 atom stereocenters. The Morgan fingerprint density at radius 1 is 1.00 bits per heavy atom. The van der Waals surface area contributed by atoms with Crippen molar-refractivity contribution in [2.75, 3.05) is 13.7 Å². The van der Waals surface area contributed by atoms with Crippen LogP contribution >= 0.6 is 0 Å². The lowest BCUT2D eigenvalue weighted by molar-refractivity contribution is -0.141. The van der Waals surface area contributed by atoms with Gasteiger partial charge in [-0.25, -0.2) is 4.98 Å². The standard InChI is InChI=1S/C36H37N5O6/c1-8-20-16(3)23-12-25-18(5)22(10-11-30(44)47-7)33(39-25)32-34-31(35(45)41(36(32)46)15-29(42)43)19(6)26(40-34)14-28-21(9-2)17(4)24(38-28)13-27(20)37-23/h8,12-14,18,22,37,40H,1,9-11,15H2,2-7H3,(H,42,43). The van der Waals surface area contributed by atoms with Crippen LogP contribution in [0.1, 0.15) is 112 Å². The van der Waals surface area contributed by atoms with Gasteiger partial charge >= 0.3 is 11.9 Å². The van der Waals surface area contributed by atoms with Crippen LogP contribution < -0.4 is 0 Å². The molecule has 3 N–H and O–H groups in total. The molecule has 11 nitrogen and oxygen atoms in total. The zero-order valence-electron chi connectivity index (χ0n) is 27.3. The molecule has 6 heterocycles. The maximum absolute atomic E-state index is 14.2. The Bertz CT molecular complexity index is 2120. The number of hydrogen-bond acceptors (Lipinski definition) is 7. The lowest BCUT2D eigenvalue weighted by Gasteiger charge is -2.25. The molecule has 0 spiro atoms. The second-order valence-corrected chi connectivity index (χ2v) is 12.3. The fraction of sp³-hybridized carbons (Fsp3) is 0.333. The van der Waals surface area contributed by atoms with Crippen molar-refractivity contribution in [3.8, 4) is 0 Å². The van der Waals surface area contributed by atoms with Gasteiger partial charge in [0.15, 0.2) is 0 Å². The molecule has 0 fully saturated rings. The smallest absolute Gasteiger partial charge is 0.323 e. The number of carbonyl (C=O) groups excluding carboxylic acids is 3. The van der Waals surface area contributed by atoms with Gasteiger partial charge in [-0.1, -0.05) is 26.5 Å². The van der Waals surface area contributed by atoms with E-state index >= 15 is 0 Å². The number of ether oxygens (including phenoxy) is 1. The average molecular weight is 636 g/mol. The van der Waals surface area contributed by atoms with Crippen molar-refractivity contribution in [1.29, 1.82) is 0 Å². The van der Waals surface area contributed by atoms with Gasteiger partial charge in [-0.3, -0.25) is 29.1 Å². The lowest BCUT2D eigenvalue weighted by Crippen LogP contribution is -2.43. The van der Waals surface area contributed by atoms with E-state index in [1.165, 1.54) is 7.11 Å². The maximum atomic E-state index is 14.2. The van der Waals surface area contributed by atoms with E-state index in [2.05, 4.69) is 23.5 Å². The van der Waals surface area contributed by atoms with Gasteiger partial charge < -0.3 is 19.8 Å². The number of allylic oxidation sites excluding steroid dienone is 2. The molecule has 0 aliphatic carbocycles. The predicted molar refractivity (Wildman–Crippen MR) is 179 cm³/mol. The molecule has 11 heteroatoms. The summed E-state index contributed by atoms with van der Waals surface area (Å²) in [5.41, 5.74) is 9.95. The number of methoxy groups -OCH3 is 1. The molecular weight excluding hydrogens is 598 g/mol. The molecule has 3 aliphatic rings. The SMILES string of the molecule is C=Cc1c(C)c2cc3nc(c4c5[nH]c(cc6nc(cc1[nH]2)C(C)=C6CC)c(C)c5C(=O)N(CC(=O)O)C4=O)C(CCC(=O)OC)C3C. The van der Waals surface area contributed by atoms with Gasteiger partial charge in [0.1, 0.15) is 6.54 Å². The highest BCUT2D eigenvalue weighted by molar-refractivity contribution is 6.24. The van der Waals surface area contributed by atoms with E-state index in [0.29, 0.717) is 35.3 Å². The Balaban J connectivity index is 1.81. The summed E-state index contributed by atoms with van der Waals surface area (Å²) < 4.78 is 4.93. The van der Waals surface area contributed by atoms with E-state index in [1.54, 1.807) is 6.92 Å². The predicted octanol–water partition coefficient (Wildman–Crippen LogP) is 6.44. The molecule has 47 heavy (non-hydrogen) atoms. The van der Waals surface area contributed by atoms with Crippen LogP contribution in [0, 0.1) is 13.8 Å². The van der Waals surface area contributed by atoms with Crippen LogP contribution in [0.5, 0.6) is 0 Å². The number of H-pyrrole nitrogens is 2. The first-order chi connectivity index (χ1) is 22.4. The zero-order valence-corrected chi connectivity index (χ0v) is 27.3. The number of carboxylic acid groups (broad SMARTS) is 1. The number of aromatic amines is 2. The third-order valence-corrected chi connectivity index (χ3v) is 9.73. The Kier molecular flexibility index (Phi) is 7.95. The molecule has 8 bridgehead atoms. The van der Waals surface area contributed by atoms with Crippen molar-refractivity contribution < 1.29 is 29.0 Å². The third-order valence-electron chi connectivity index (χ3n) is 9.73. The molecule has 242 valence electrons. The Morgan fingerprint density at radius 2 is 1.68 bits per heavy atom. The minimum Gasteiger partial charge on any atom is -0.480 e. The van der Waals surface area contributed by atoms with Crippen LogP contribution in [0.4, 0.5) is 0 Å². The first-order valence-corrected chi connectivity index (χ1v) is 15.7. The highest BCUT2D eigenvalue weighted by Gasteiger charge is 2.41. The normalized spacial score (nSPS) is 17.4. The van der Waals surface area contributed by atoms with Gasteiger partial charge in [0.05, 0.1) is 40.8 Å². The number of carboxylic acids is 1. The first-order valence-electron chi connectivity index (χ1n) is 15.7. The number of imide groups is 1. The number of fused-ring (bicyclic) bond motifs is 8. The van der Waals surface area contributed by atoms with Crippen LogP contribution in [0.3, 0.4) is 0 Å². The van der Waals surface area contributed by atoms with Crippen molar-refractivity contribution in [1.82, 2.24) is 24.8 Å². The number of nitrogens with zero attached hydrogens (tertiary/aromatic N) is 3. The number of amides is 2. The highest BCUT2D eigenvalue weighted by Crippen LogP contribution is 2.44. The topological polar surface area (TPSA) is 158 Å². The van der Waals surface area contributed by atoms with Gasteiger partial charge in [-0.15, -0.1) is 0 Å². The number of aromatic nitrogens is 4. The number of esters is 1. The molecule has 0 saturated heterocycles. The number of carbonyl (C=O) groups is 4. The maximum Gasteiger partial charge on any atom is 0.323 e. The summed E-state index contributed by atoms with van der Waals surface area (Å²) >= 11 is 0. The third kappa shape index (κ3) is 5.06. The monoisotopic (exact) mass is 635 g/mol. The molecule has 3 aromatic rings. The summed E-state index contributed by atoms with van der Waals surface area (Å²) in [6.45, 7) is 13.1. The van der Waals surface area contributed by atoms with Crippen molar-refractivity contribution >= 4 is 63.0 Å². The van der Waals surface area contributed by atoms with Gasteiger partial charge in [0, 0.05) is 46.1 Å². The van der Waals surface area contributed by atoms with E-state index in [-0.39, 0.29) is 29.0 Å². The van der Waals surface area contributed by atoms with Crippen LogP contribution in [0.25, 0.3) is 39.3 Å². The summed E-state index contributed by atoms with van der Waals surface area (Å²) in [7, 11) is 1.32. The highest BCUT2D eigenvalue weighted by atomic mass is 16.5. The fourth-order valence-corrected chi connectivity index (χ4v) is 7.06. The molecule has 0 saturated carbocycles. The summed E-state index contributed by atoms with van der Waals surface area (Å²) in [5, 5.41) is 9.70. The van der Waals surface area contributed by atoms with E-state index < -0.39 is 36.2 Å². The van der Waals surface area contributed by atoms with Crippen molar-refractivity contribution in [3.05, 3.63) is 75.4 Å². The zero-order chi connectivity index (χ0) is 33.9. The molecule has 3 aromatic heterocycles. The number of aryl methyl sites for hydroxylation is 2. The average Bonchev–Trinajstić information content (AvgIpc) is 3.71. The van der Waals surface area contributed by atoms with E-state index in [0.717, 1.165) is 49.6 Å². The first kappa shape index (κ1) is 31.7. The van der Waals surface area contributed by atoms with Crippen LogP contribution in [0.2, 0.25) is 0 Å². The molecule has 2 amide bonds. The van der Waals surface area contributed by atoms with Crippen molar-refractivity contribution in [3.63, 3.8) is 0 Å². The number of hydrogen-bond donors (Lipinski definition) is 3. The molecule has 0 aromatic carbocycles. The van der Waals surface area contributed by atoms with Crippen molar-refractivity contribution in [2.24, 2.45) is 0 Å². The molecule has 3 aliphatic heterocycles. The minimum absolute atomic E-state index is 0.0812. The van der Waals surface area contributed by atoms with Crippen LogP contribution in [-0.2, 0) is 14.3 Å². The van der Waals surface area contributed by atoms with Crippen molar-refractivity contribution in [2.45, 2.75) is 65.7 Å². The Labute approximate surface area is 271 Å². The fourth-order valence-electron chi connectivity index (χ4n) is 7.06. The van der Waals surface area contributed by atoms with E-state index in [9.17, 15) is 24.3 Å². The van der Waals surface area contributed by atoms with Gasteiger partial charge in [0.2, 0.25) is 0 Å². The summed E-state index contributed by atoms with van der Waals surface area (Å²) in [6.07, 6.45) is 2.92. The van der Waals surface area contributed by atoms with E-state index in [1.807, 2.05) is 45.0 Å². The second-order valence-electron chi connectivity index (χ2n) is 12.3. The van der Waals surface area contributed by atoms with E-state index in [4.69, 9.17) is 14.7 Å². The largest absolute Gasteiger partial charge is 0.480 e. The van der Waals surface area contributed by atoms with Gasteiger partial charge in [-0.2, -0.15) is 0 Å². The lowest BCUT2D eigenvalue weighted by atomic mass is 9.84.